The first kappa shape index (κ1) is 14.4. The van der Waals surface area contributed by atoms with Gasteiger partial charge in [-0.3, -0.25) is 4.98 Å². The second-order valence-electron chi connectivity index (χ2n) is 4.03. The molecule has 0 spiro atoms. The van der Waals surface area contributed by atoms with E-state index in [0.717, 1.165) is 5.69 Å². The Morgan fingerprint density at radius 3 is 2.72 bits per heavy atom. The van der Waals surface area contributed by atoms with Gasteiger partial charge in [0.05, 0.1) is 22.7 Å². The van der Waals surface area contributed by atoms with Crippen molar-refractivity contribution in [3.63, 3.8) is 0 Å². The number of nitrogens with one attached hydrogen (secondary N) is 1. The molecular weight excluding hydrogens is 252 g/mol. The Balaban J connectivity index is 2.71. The first-order valence-corrected chi connectivity index (χ1v) is 7.17. The largest absolute Gasteiger partial charge is 0.384 e. The Hall–Kier alpha value is -1.65. The van der Waals surface area contributed by atoms with E-state index in [-0.39, 0.29) is 5.75 Å². The highest BCUT2D eigenvalue weighted by molar-refractivity contribution is 7.89. The van der Waals surface area contributed by atoms with Gasteiger partial charge in [-0.25, -0.2) is 13.6 Å². The summed E-state index contributed by atoms with van der Waals surface area (Å²) < 4.78 is 21.5. The van der Waals surface area contributed by atoms with Crippen LogP contribution in [-0.2, 0) is 10.0 Å². The number of primary sulfonamides is 1. The van der Waals surface area contributed by atoms with Crippen LogP contribution in [0.15, 0.2) is 6.07 Å². The number of nitriles is 1. The van der Waals surface area contributed by atoms with Crippen LogP contribution in [0.1, 0.15) is 23.4 Å². The first-order chi connectivity index (χ1) is 8.33. The van der Waals surface area contributed by atoms with E-state index in [0.29, 0.717) is 29.9 Å². The summed E-state index contributed by atoms with van der Waals surface area (Å²) in [6.45, 7) is 4.04. The molecule has 0 aliphatic heterocycles. The number of rotatable bonds is 5. The van der Waals surface area contributed by atoms with Crippen LogP contribution in [0.2, 0.25) is 0 Å². The van der Waals surface area contributed by atoms with Gasteiger partial charge in [-0.05, 0) is 26.3 Å². The van der Waals surface area contributed by atoms with Gasteiger partial charge in [-0.15, -0.1) is 0 Å². The number of aromatic nitrogens is 1. The molecule has 0 radical (unpaired) electrons. The molecule has 1 aromatic heterocycles. The number of pyridine rings is 1. The van der Waals surface area contributed by atoms with E-state index in [9.17, 15) is 8.42 Å². The topological polar surface area (TPSA) is 109 Å². The molecular formula is C11H16N4O2S. The number of nitrogens with zero attached hydrogens (tertiary/aromatic N) is 2. The Bertz CT molecular complexity index is 575. The molecule has 1 aromatic rings. The minimum atomic E-state index is -3.43. The number of hydrogen-bond donors (Lipinski definition) is 2. The molecule has 6 nitrogen and oxygen atoms in total. The van der Waals surface area contributed by atoms with Crippen LogP contribution in [-0.4, -0.2) is 25.7 Å². The van der Waals surface area contributed by atoms with Crippen LogP contribution in [0.5, 0.6) is 0 Å². The minimum Gasteiger partial charge on any atom is -0.384 e. The van der Waals surface area contributed by atoms with Crippen molar-refractivity contribution in [2.75, 3.05) is 17.6 Å². The number of aryl methyl sites for hydroxylation is 2. The van der Waals surface area contributed by atoms with Crippen molar-refractivity contribution in [2.24, 2.45) is 5.14 Å². The molecule has 0 saturated heterocycles. The molecule has 0 aliphatic carbocycles. The van der Waals surface area contributed by atoms with Gasteiger partial charge >= 0.3 is 0 Å². The van der Waals surface area contributed by atoms with E-state index >= 15 is 0 Å². The summed E-state index contributed by atoms with van der Waals surface area (Å²) in [6, 6.07) is 3.85. The second-order valence-corrected chi connectivity index (χ2v) is 5.76. The Morgan fingerprint density at radius 2 is 2.17 bits per heavy atom. The fraction of sp³-hybridized carbons (Fsp3) is 0.455. The van der Waals surface area contributed by atoms with Crippen molar-refractivity contribution in [1.82, 2.24) is 4.98 Å². The lowest BCUT2D eigenvalue weighted by Crippen LogP contribution is -2.19. The summed E-state index contributed by atoms with van der Waals surface area (Å²) in [5.41, 5.74) is 2.63. The summed E-state index contributed by atoms with van der Waals surface area (Å²) in [5.74, 6) is -0.0784. The predicted octanol–water partition coefficient (Wildman–Crippen LogP) is 0.661. The maximum atomic E-state index is 10.8. The van der Waals surface area contributed by atoms with Gasteiger partial charge in [0.25, 0.3) is 0 Å². The molecule has 98 valence electrons. The summed E-state index contributed by atoms with van der Waals surface area (Å²) >= 11 is 0. The lowest BCUT2D eigenvalue weighted by Gasteiger charge is -2.10. The molecule has 0 aromatic carbocycles. The molecule has 7 heteroatoms. The zero-order valence-electron chi connectivity index (χ0n) is 10.4. The van der Waals surface area contributed by atoms with Gasteiger partial charge in [0, 0.05) is 12.2 Å². The minimum absolute atomic E-state index is 0.0784. The van der Waals surface area contributed by atoms with E-state index in [4.69, 9.17) is 10.4 Å². The van der Waals surface area contributed by atoms with Gasteiger partial charge in [-0.1, -0.05) is 0 Å². The molecule has 3 N–H and O–H groups in total. The third-order valence-corrected chi connectivity index (χ3v) is 3.22. The monoisotopic (exact) mass is 268 g/mol. The van der Waals surface area contributed by atoms with E-state index in [1.54, 1.807) is 13.0 Å². The fourth-order valence-electron chi connectivity index (χ4n) is 1.61. The summed E-state index contributed by atoms with van der Waals surface area (Å²) in [7, 11) is -3.43. The number of nitrogens with two attached hydrogens (primary N) is 1. The normalized spacial score (nSPS) is 11.0. The molecule has 0 bridgehead atoms. The van der Waals surface area contributed by atoms with Crippen LogP contribution in [0.3, 0.4) is 0 Å². The maximum absolute atomic E-state index is 10.8. The lowest BCUT2D eigenvalue weighted by atomic mass is 10.1. The van der Waals surface area contributed by atoms with Crippen LogP contribution in [0, 0.1) is 25.2 Å². The zero-order chi connectivity index (χ0) is 13.8. The first-order valence-electron chi connectivity index (χ1n) is 5.46. The van der Waals surface area contributed by atoms with Crippen molar-refractivity contribution >= 4 is 15.7 Å². The van der Waals surface area contributed by atoms with Crippen molar-refractivity contribution < 1.29 is 8.42 Å². The zero-order valence-corrected chi connectivity index (χ0v) is 11.2. The maximum Gasteiger partial charge on any atom is 0.209 e. The third kappa shape index (κ3) is 4.31. The van der Waals surface area contributed by atoms with Crippen LogP contribution >= 0.6 is 0 Å². The highest BCUT2D eigenvalue weighted by Crippen LogP contribution is 2.18. The average molecular weight is 268 g/mol. The van der Waals surface area contributed by atoms with Gasteiger partial charge < -0.3 is 5.32 Å². The molecule has 0 amide bonds. The summed E-state index contributed by atoms with van der Waals surface area (Å²) in [5, 5.41) is 17.0. The summed E-state index contributed by atoms with van der Waals surface area (Å²) in [4.78, 5) is 4.19. The fourth-order valence-corrected chi connectivity index (χ4v) is 2.15. The van der Waals surface area contributed by atoms with E-state index in [1.807, 2.05) is 6.92 Å². The Morgan fingerprint density at radius 1 is 1.50 bits per heavy atom. The Labute approximate surface area is 107 Å². The van der Waals surface area contributed by atoms with E-state index in [1.165, 1.54) is 0 Å². The standard InChI is InChI=1S/C11H16N4O2S/c1-8-6-11(10(7-12)9(2)15-8)14-4-3-5-18(13,16)17/h6H,3-5H2,1-2H3,(H,14,15)(H2,13,16,17). The van der Waals surface area contributed by atoms with E-state index < -0.39 is 10.0 Å². The Kier molecular flexibility index (Phi) is 4.64. The molecule has 0 atom stereocenters. The third-order valence-electron chi connectivity index (χ3n) is 2.36. The lowest BCUT2D eigenvalue weighted by molar-refractivity contribution is 0.596. The predicted molar refractivity (Wildman–Crippen MR) is 69.5 cm³/mol. The van der Waals surface area contributed by atoms with E-state index in [2.05, 4.69) is 16.4 Å². The summed E-state index contributed by atoms with van der Waals surface area (Å²) in [6.07, 6.45) is 0.393. The van der Waals surface area contributed by atoms with Crippen LogP contribution < -0.4 is 10.5 Å². The van der Waals surface area contributed by atoms with Crippen molar-refractivity contribution in [3.05, 3.63) is 23.0 Å². The molecule has 0 unspecified atom stereocenters. The van der Waals surface area contributed by atoms with Gasteiger partial charge in [0.2, 0.25) is 10.0 Å². The number of sulfonamides is 1. The second kappa shape index (κ2) is 5.80. The molecule has 0 saturated carbocycles. The highest BCUT2D eigenvalue weighted by Gasteiger charge is 2.08. The van der Waals surface area contributed by atoms with Gasteiger partial charge in [0.15, 0.2) is 0 Å². The van der Waals surface area contributed by atoms with Gasteiger partial charge in [0.1, 0.15) is 6.07 Å². The molecule has 0 aliphatic rings. The van der Waals surface area contributed by atoms with Crippen molar-refractivity contribution in [2.45, 2.75) is 20.3 Å². The van der Waals surface area contributed by atoms with Crippen LogP contribution in [0.4, 0.5) is 5.69 Å². The average Bonchev–Trinajstić information content (AvgIpc) is 2.22. The number of anilines is 1. The molecule has 0 fully saturated rings. The number of hydrogen-bond acceptors (Lipinski definition) is 5. The molecule has 18 heavy (non-hydrogen) atoms. The quantitative estimate of drug-likeness (QED) is 0.762. The van der Waals surface area contributed by atoms with Crippen molar-refractivity contribution in [1.29, 1.82) is 5.26 Å². The van der Waals surface area contributed by atoms with Gasteiger partial charge in [-0.2, -0.15) is 5.26 Å². The molecule has 1 heterocycles. The van der Waals surface area contributed by atoms with Crippen molar-refractivity contribution in [3.8, 4) is 6.07 Å². The molecule has 1 rings (SSSR count). The smallest absolute Gasteiger partial charge is 0.209 e. The highest BCUT2D eigenvalue weighted by atomic mass is 32.2. The SMILES string of the molecule is Cc1cc(NCCCS(N)(=O)=O)c(C#N)c(C)n1. The van der Waals surface area contributed by atoms with Crippen LogP contribution in [0.25, 0.3) is 0 Å².